The number of hydrogen-bond acceptors (Lipinski definition) is 6. The first-order chi connectivity index (χ1) is 12.5. The summed E-state index contributed by atoms with van der Waals surface area (Å²) in [6.07, 6.45) is 4.82. The van der Waals surface area contributed by atoms with Crippen LogP contribution in [0, 0.1) is 5.92 Å². The second-order valence-electron chi connectivity index (χ2n) is 7.40. The van der Waals surface area contributed by atoms with E-state index < -0.39 is 0 Å². The standard InChI is InChI=1S/C18H30N6O2/c1-13(2)17-14(5-3-10-26-17)22-15-11-16(21-12-20-15)23-6-4-7-24(9-8-23)18(19)25/h11-14,17H,3-10H2,1-2H3,(H2,19,25)(H,20,21,22)/t14-,17-/m1/s1. The first-order valence-electron chi connectivity index (χ1n) is 9.54. The minimum absolute atomic E-state index is 0.199. The molecule has 2 atom stereocenters. The summed E-state index contributed by atoms with van der Waals surface area (Å²) in [6.45, 7) is 8.10. The fourth-order valence-corrected chi connectivity index (χ4v) is 3.77. The van der Waals surface area contributed by atoms with E-state index >= 15 is 0 Å². The van der Waals surface area contributed by atoms with Crippen molar-refractivity contribution in [3.05, 3.63) is 12.4 Å². The van der Waals surface area contributed by atoms with E-state index in [4.69, 9.17) is 10.5 Å². The van der Waals surface area contributed by atoms with Crippen LogP contribution in [0.3, 0.4) is 0 Å². The van der Waals surface area contributed by atoms with Crippen LogP contribution in [0.1, 0.15) is 33.1 Å². The van der Waals surface area contributed by atoms with Gasteiger partial charge in [0.2, 0.25) is 0 Å². The second-order valence-corrected chi connectivity index (χ2v) is 7.40. The Bertz CT molecular complexity index is 611. The number of nitrogens with two attached hydrogens (primary N) is 1. The van der Waals surface area contributed by atoms with E-state index in [1.165, 1.54) is 0 Å². The van der Waals surface area contributed by atoms with Gasteiger partial charge in [-0.15, -0.1) is 0 Å². The van der Waals surface area contributed by atoms with Crippen LogP contribution in [0.2, 0.25) is 0 Å². The van der Waals surface area contributed by atoms with Gasteiger partial charge in [-0.2, -0.15) is 0 Å². The average molecular weight is 362 g/mol. The van der Waals surface area contributed by atoms with E-state index in [1.54, 1.807) is 11.2 Å². The minimum atomic E-state index is -0.353. The van der Waals surface area contributed by atoms with Crippen LogP contribution in [0.5, 0.6) is 0 Å². The number of rotatable bonds is 4. The van der Waals surface area contributed by atoms with E-state index in [0.717, 1.165) is 50.6 Å². The van der Waals surface area contributed by atoms with Gasteiger partial charge in [0, 0.05) is 38.9 Å². The van der Waals surface area contributed by atoms with Gasteiger partial charge in [0.1, 0.15) is 18.0 Å². The Kier molecular flexibility index (Phi) is 6.13. The van der Waals surface area contributed by atoms with Gasteiger partial charge >= 0.3 is 6.03 Å². The zero-order valence-corrected chi connectivity index (χ0v) is 15.7. The molecule has 3 N–H and O–H groups in total. The van der Waals surface area contributed by atoms with E-state index in [0.29, 0.717) is 19.0 Å². The lowest BCUT2D eigenvalue weighted by molar-refractivity contribution is -0.0203. The minimum Gasteiger partial charge on any atom is -0.376 e. The SMILES string of the molecule is CC(C)[C@H]1OCCC[C@H]1Nc1cc(N2CCCN(C(N)=O)CC2)ncn1. The molecule has 2 aliphatic rings. The predicted octanol–water partition coefficient (Wildman–Crippen LogP) is 1.68. The summed E-state index contributed by atoms with van der Waals surface area (Å²) in [4.78, 5) is 24.1. The molecular weight excluding hydrogens is 332 g/mol. The van der Waals surface area contributed by atoms with Crippen molar-refractivity contribution < 1.29 is 9.53 Å². The van der Waals surface area contributed by atoms with E-state index in [-0.39, 0.29) is 18.2 Å². The van der Waals surface area contributed by atoms with Crippen molar-refractivity contribution >= 4 is 17.7 Å². The Labute approximate surface area is 155 Å². The quantitative estimate of drug-likeness (QED) is 0.846. The molecular formula is C18H30N6O2. The lowest BCUT2D eigenvalue weighted by atomic mass is 9.94. The molecule has 0 radical (unpaired) electrons. The number of aromatic nitrogens is 2. The summed E-state index contributed by atoms with van der Waals surface area (Å²) in [5.74, 6) is 2.17. The topological polar surface area (TPSA) is 96.6 Å². The molecule has 3 heterocycles. The zero-order chi connectivity index (χ0) is 18.5. The van der Waals surface area contributed by atoms with Gasteiger partial charge in [0.05, 0.1) is 12.1 Å². The molecule has 0 spiro atoms. The monoisotopic (exact) mass is 362 g/mol. The number of primary amides is 1. The predicted molar refractivity (Wildman–Crippen MR) is 101 cm³/mol. The zero-order valence-electron chi connectivity index (χ0n) is 15.7. The average Bonchev–Trinajstić information content (AvgIpc) is 2.88. The van der Waals surface area contributed by atoms with E-state index in [1.807, 2.05) is 6.07 Å². The van der Waals surface area contributed by atoms with Crippen LogP contribution in [0.15, 0.2) is 12.4 Å². The molecule has 0 unspecified atom stereocenters. The molecule has 8 nitrogen and oxygen atoms in total. The van der Waals surface area contributed by atoms with Gasteiger partial charge in [0.25, 0.3) is 0 Å². The van der Waals surface area contributed by atoms with Gasteiger partial charge in [-0.1, -0.05) is 13.8 Å². The molecule has 26 heavy (non-hydrogen) atoms. The van der Waals surface area contributed by atoms with Gasteiger partial charge in [0.15, 0.2) is 0 Å². The molecule has 2 amide bonds. The maximum atomic E-state index is 11.4. The van der Waals surface area contributed by atoms with Crippen LogP contribution >= 0.6 is 0 Å². The summed E-state index contributed by atoms with van der Waals surface area (Å²) in [5.41, 5.74) is 5.41. The first-order valence-corrected chi connectivity index (χ1v) is 9.54. The largest absolute Gasteiger partial charge is 0.376 e. The molecule has 3 rings (SSSR count). The summed E-state index contributed by atoms with van der Waals surface area (Å²) in [6, 6.07) is 1.90. The molecule has 1 aromatic rings. The highest BCUT2D eigenvalue weighted by Crippen LogP contribution is 2.24. The third-order valence-corrected chi connectivity index (χ3v) is 5.14. The van der Waals surface area contributed by atoms with Crippen LogP contribution in [0.25, 0.3) is 0 Å². The van der Waals surface area contributed by atoms with E-state index in [9.17, 15) is 4.79 Å². The van der Waals surface area contributed by atoms with Crippen molar-refractivity contribution in [1.29, 1.82) is 0 Å². The highest BCUT2D eigenvalue weighted by molar-refractivity contribution is 5.72. The molecule has 0 bridgehead atoms. The molecule has 2 fully saturated rings. The van der Waals surface area contributed by atoms with Crippen LogP contribution in [-0.4, -0.2) is 65.8 Å². The molecule has 0 saturated carbocycles. The smallest absolute Gasteiger partial charge is 0.314 e. The summed E-state index contributed by atoms with van der Waals surface area (Å²) < 4.78 is 5.96. The molecule has 1 aromatic heterocycles. The van der Waals surface area contributed by atoms with Gasteiger partial charge in [-0.25, -0.2) is 14.8 Å². The van der Waals surface area contributed by atoms with Crippen molar-refractivity contribution in [2.75, 3.05) is 43.0 Å². The Hall–Kier alpha value is -2.09. The highest BCUT2D eigenvalue weighted by atomic mass is 16.5. The maximum absolute atomic E-state index is 11.4. The Morgan fingerprint density at radius 3 is 2.88 bits per heavy atom. The second kappa shape index (κ2) is 8.53. The number of hydrogen-bond donors (Lipinski definition) is 2. The number of amides is 2. The lowest BCUT2D eigenvalue weighted by Crippen LogP contribution is -2.43. The highest BCUT2D eigenvalue weighted by Gasteiger charge is 2.29. The molecule has 2 saturated heterocycles. The fourth-order valence-electron chi connectivity index (χ4n) is 3.77. The number of urea groups is 1. The number of carbonyl (C=O) groups excluding carboxylic acids is 1. The third kappa shape index (κ3) is 4.55. The number of ether oxygens (including phenoxy) is 1. The Morgan fingerprint density at radius 1 is 1.27 bits per heavy atom. The van der Waals surface area contributed by atoms with Crippen molar-refractivity contribution in [2.24, 2.45) is 11.7 Å². The Morgan fingerprint density at radius 2 is 2.12 bits per heavy atom. The van der Waals surface area contributed by atoms with Gasteiger partial charge in [-0.05, 0) is 25.2 Å². The van der Waals surface area contributed by atoms with Crippen molar-refractivity contribution in [2.45, 2.75) is 45.3 Å². The first kappa shape index (κ1) is 18.7. The molecule has 144 valence electrons. The van der Waals surface area contributed by atoms with Crippen molar-refractivity contribution in [3.8, 4) is 0 Å². The van der Waals surface area contributed by atoms with Crippen LogP contribution in [0.4, 0.5) is 16.4 Å². The van der Waals surface area contributed by atoms with Crippen LogP contribution < -0.4 is 16.0 Å². The molecule has 2 aliphatic heterocycles. The summed E-state index contributed by atoms with van der Waals surface area (Å²) >= 11 is 0. The number of nitrogens with one attached hydrogen (secondary N) is 1. The number of anilines is 2. The maximum Gasteiger partial charge on any atom is 0.314 e. The summed E-state index contributed by atoms with van der Waals surface area (Å²) in [5, 5.41) is 3.55. The van der Waals surface area contributed by atoms with Crippen molar-refractivity contribution in [3.63, 3.8) is 0 Å². The summed E-state index contributed by atoms with van der Waals surface area (Å²) in [7, 11) is 0. The lowest BCUT2D eigenvalue weighted by Gasteiger charge is -2.35. The number of nitrogens with zero attached hydrogens (tertiary/aromatic N) is 4. The van der Waals surface area contributed by atoms with Gasteiger partial charge < -0.3 is 25.6 Å². The Balaban J connectivity index is 1.67. The number of carbonyl (C=O) groups is 1. The molecule has 8 heteroatoms. The molecule has 0 aromatic carbocycles. The van der Waals surface area contributed by atoms with Crippen molar-refractivity contribution in [1.82, 2.24) is 14.9 Å². The third-order valence-electron chi connectivity index (χ3n) is 5.14. The van der Waals surface area contributed by atoms with E-state index in [2.05, 4.69) is 34.0 Å². The van der Waals surface area contributed by atoms with Gasteiger partial charge in [-0.3, -0.25) is 0 Å². The molecule has 0 aliphatic carbocycles. The fraction of sp³-hybridized carbons (Fsp3) is 0.722. The normalized spacial score (nSPS) is 24.4. The van der Waals surface area contributed by atoms with Crippen LogP contribution in [-0.2, 0) is 4.74 Å².